The number of nitrogens with zero attached hydrogens (tertiary/aromatic N) is 2. The molecule has 2 fully saturated rings. The Morgan fingerprint density at radius 3 is 2.71 bits per heavy atom. The standard InChI is InChI=1S/C15H22N2O3S/c1-16-11-14(20-2)15(21(16,18)19)8-9-17(12-15)10-13-6-4-3-5-7-13/h3-7,14H,8-12H2,1-2H3/t14-,15-/m1/s1. The molecule has 21 heavy (non-hydrogen) atoms. The van der Waals surface area contributed by atoms with E-state index >= 15 is 0 Å². The molecule has 0 aliphatic carbocycles. The van der Waals surface area contributed by atoms with Gasteiger partial charge in [-0.1, -0.05) is 30.3 Å². The monoisotopic (exact) mass is 310 g/mol. The Morgan fingerprint density at radius 2 is 2.05 bits per heavy atom. The largest absolute Gasteiger partial charge is 0.378 e. The Morgan fingerprint density at radius 1 is 1.33 bits per heavy atom. The number of benzene rings is 1. The van der Waals surface area contributed by atoms with Gasteiger partial charge in [0.1, 0.15) is 4.75 Å². The Kier molecular flexibility index (Phi) is 3.81. The number of rotatable bonds is 3. The van der Waals surface area contributed by atoms with Crippen LogP contribution in [0.15, 0.2) is 30.3 Å². The van der Waals surface area contributed by atoms with Gasteiger partial charge in [0.05, 0.1) is 6.10 Å². The summed E-state index contributed by atoms with van der Waals surface area (Å²) < 4.78 is 31.6. The molecule has 1 aromatic carbocycles. The highest BCUT2D eigenvalue weighted by Gasteiger charge is 2.61. The van der Waals surface area contributed by atoms with Crippen molar-refractivity contribution < 1.29 is 13.2 Å². The van der Waals surface area contributed by atoms with E-state index in [1.807, 2.05) is 18.2 Å². The van der Waals surface area contributed by atoms with E-state index in [0.29, 0.717) is 19.5 Å². The second kappa shape index (κ2) is 5.35. The van der Waals surface area contributed by atoms with Gasteiger partial charge in [0.2, 0.25) is 10.0 Å². The Bertz CT molecular complexity index is 605. The summed E-state index contributed by atoms with van der Waals surface area (Å²) in [4.78, 5) is 2.22. The molecule has 0 saturated carbocycles. The molecule has 6 heteroatoms. The maximum absolute atomic E-state index is 12.7. The number of hydrogen-bond acceptors (Lipinski definition) is 4. The Balaban J connectivity index is 1.81. The van der Waals surface area contributed by atoms with Crippen molar-refractivity contribution in [3.05, 3.63) is 35.9 Å². The molecule has 0 aromatic heterocycles. The van der Waals surface area contributed by atoms with E-state index in [0.717, 1.165) is 13.1 Å². The average molecular weight is 310 g/mol. The molecule has 2 aliphatic heterocycles. The second-order valence-corrected chi connectivity index (χ2v) is 8.41. The number of ether oxygens (including phenoxy) is 1. The maximum atomic E-state index is 12.7. The van der Waals surface area contributed by atoms with Crippen molar-refractivity contribution in [3.8, 4) is 0 Å². The number of methoxy groups -OCH3 is 1. The molecule has 2 heterocycles. The van der Waals surface area contributed by atoms with Gasteiger partial charge in [-0.3, -0.25) is 4.90 Å². The fraction of sp³-hybridized carbons (Fsp3) is 0.600. The lowest BCUT2D eigenvalue weighted by atomic mass is 10.0. The molecular formula is C15H22N2O3S. The van der Waals surface area contributed by atoms with E-state index in [4.69, 9.17) is 4.74 Å². The van der Waals surface area contributed by atoms with Gasteiger partial charge in [0.25, 0.3) is 0 Å². The van der Waals surface area contributed by atoms with Gasteiger partial charge >= 0.3 is 0 Å². The number of sulfonamides is 1. The number of likely N-dealkylation sites (N-methyl/N-ethyl adjacent to an activating group) is 1. The van der Waals surface area contributed by atoms with Crippen LogP contribution in [0.3, 0.4) is 0 Å². The third-order valence-electron chi connectivity index (χ3n) is 4.81. The van der Waals surface area contributed by atoms with Gasteiger partial charge < -0.3 is 4.74 Å². The average Bonchev–Trinajstić information content (AvgIpc) is 2.97. The second-order valence-electron chi connectivity index (χ2n) is 6.02. The first-order chi connectivity index (χ1) is 9.99. The first kappa shape index (κ1) is 15.0. The highest BCUT2D eigenvalue weighted by atomic mass is 32.2. The van der Waals surface area contributed by atoms with Gasteiger partial charge in [0.15, 0.2) is 0 Å². The normalized spacial score (nSPS) is 33.0. The zero-order chi connectivity index (χ0) is 15.1. The summed E-state index contributed by atoms with van der Waals surface area (Å²) in [6, 6.07) is 10.2. The smallest absolute Gasteiger partial charge is 0.223 e. The van der Waals surface area contributed by atoms with Crippen LogP contribution in [0.25, 0.3) is 0 Å². The van der Waals surface area contributed by atoms with Crippen molar-refractivity contribution in [1.29, 1.82) is 0 Å². The SMILES string of the molecule is CO[C@@H]1CN(C)S(=O)(=O)[C@@]12CCN(Cc1ccccc1)C2. The predicted molar refractivity (Wildman–Crippen MR) is 81.4 cm³/mol. The molecule has 0 radical (unpaired) electrons. The van der Waals surface area contributed by atoms with E-state index in [1.54, 1.807) is 14.2 Å². The zero-order valence-electron chi connectivity index (χ0n) is 12.5. The van der Waals surface area contributed by atoms with E-state index in [2.05, 4.69) is 17.0 Å². The van der Waals surface area contributed by atoms with Crippen LogP contribution in [-0.4, -0.2) is 62.3 Å². The highest BCUT2D eigenvalue weighted by molar-refractivity contribution is 7.90. The van der Waals surface area contributed by atoms with Gasteiger partial charge in [-0.2, -0.15) is 0 Å². The lowest BCUT2D eigenvalue weighted by molar-refractivity contribution is 0.0720. The van der Waals surface area contributed by atoms with Crippen LogP contribution < -0.4 is 0 Å². The summed E-state index contributed by atoms with van der Waals surface area (Å²) in [5.74, 6) is 0. The Labute approximate surface area is 126 Å². The summed E-state index contributed by atoms with van der Waals surface area (Å²) in [5.41, 5.74) is 1.22. The lowest BCUT2D eigenvalue weighted by Gasteiger charge is -2.28. The predicted octanol–water partition coefficient (Wildman–Crippen LogP) is 0.921. The molecule has 116 valence electrons. The summed E-state index contributed by atoms with van der Waals surface area (Å²) in [5, 5.41) is 0. The lowest BCUT2D eigenvalue weighted by Crippen LogP contribution is -2.48. The third-order valence-corrected chi connectivity index (χ3v) is 7.40. The summed E-state index contributed by atoms with van der Waals surface area (Å²) in [6.45, 7) is 2.59. The van der Waals surface area contributed by atoms with E-state index in [9.17, 15) is 8.42 Å². The molecule has 5 nitrogen and oxygen atoms in total. The van der Waals surface area contributed by atoms with Crippen LogP contribution in [0.5, 0.6) is 0 Å². The fourth-order valence-electron chi connectivity index (χ4n) is 3.60. The molecule has 0 bridgehead atoms. The van der Waals surface area contributed by atoms with Crippen LogP contribution in [0.2, 0.25) is 0 Å². The van der Waals surface area contributed by atoms with Crippen LogP contribution in [0.4, 0.5) is 0 Å². The van der Waals surface area contributed by atoms with E-state index in [1.165, 1.54) is 9.87 Å². The number of likely N-dealkylation sites (tertiary alicyclic amines) is 1. The van der Waals surface area contributed by atoms with Crippen molar-refractivity contribution in [2.75, 3.05) is 33.8 Å². The van der Waals surface area contributed by atoms with Crippen molar-refractivity contribution >= 4 is 10.0 Å². The van der Waals surface area contributed by atoms with Crippen LogP contribution in [0, 0.1) is 0 Å². The third kappa shape index (κ3) is 2.30. The first-order valence-electron chi connectivity index (χ1n) is 7.24. The minimum atomic E-state index is -3.28. The van der Waals surface area contributed by atoms with Crippen molar-refractivity contribution in [2.45, 2.75) is 23.8 Å². The molecule has 0 N–H and O–H groups in total. The van der Waals surface area contributed by atoms with Crippen LogP contribution in [0.1, 0.15) is 12.0 Å². The van der Waals surface area contributed by atoms with E-state index in [-0.39, 0.29) is 6.10 Å². The molecule has 2 atom stereocenters. The molecule has 2 saturated heterocycles. The first-order valence-corrected chi connectivity index (χ1v) is 8.68. The fourth-order valence-corrected chi connectivity index (χ4v) is 5.75. The van der Waals surface area contributed by atoms with Crippen LogP contribution >= 0.6 is 0 Å². The molecule has 0 unspecified atom stereocenters. The maximum Gasteiger partial charge on any atom is 0.223 e. The van der Waals surface area contributed by atoms with Crippen molar-refractivity contribution in [1.82, 2.24) is 9.21 Å². The Hall–Kier alpha value is -0.950. The topological polar surface area (TPSA) is 49.9 Å². The minimum Gasteiger partial charge on any atom is -0.378 e. The van der Waals surface area contributed by atoms with Gasteiger partial charge in [0, 0.05) is 40.3 Å². The quantitative estimate of drug-likeness (QED) is 0.833. The van der Waals surface area contributed by atoms with Crippen LogP contribution in [-0.2, 0) is 21.3 Å². The van der Waals surface area contributed by atoms with Gasteiger partial charge in [-0.15, -0.1) is 0 Å². The summed E-state index contributed by atoms with van der Waals surface area (Å²) in [7, 11) is -0.0240. The molecule has 1 spiro atoms. The summed E-state index contributed by atoms with van der Waals surface area (Å²) >= 11 is 0. The molecule has 2 aliphatic rings. The highest BCUT2D eigenvalue weighted by Crippen LogP contribution is 2.41. The van der Waals surface area contributed by atoms with Crippen molar-refractivity contribution in [3.63, 3.8) is 0 Å². The molecule has 0 amide bonds. The number of hydrogen-bond donors (Lipinski definition) is 0. The van der Waals surface area contributed by atoms with E-state index < -0.39 is 14.8 Å². The van der Waals surface area contributed by atoms with Gasteiger partial charge in [-0.25, -0.2) is 12.7 Å². The summed E-state index contributed by atoms with van der Waals surface area (Å²) in [6.07, 6.45) is 0.402. The zero-order valence-corrected chi connectivity index (χ0v) is 13.3. The molecule has 1 aromatic rings. The minimum absolute atomic E-state index is 0.242. The molecular weight excluding hydrogens is 288 g/mol. The van der Waals surface area contributed by atoms with Gasteiger partial charge in [-0.05, 0) is 12.0 Å². The molecule has 3 rings (SSSR count). The van der Waals surface area contributed by atoms with Crippen molar-refractivity contribution in [2.24, 2.45) is 0 Å².